The Balaban J connectivity index is 1.25. The fourth-order valence-corrected chi connectivity index (χ4v) is 4.06. The average molecular weight is 415 g/mol. The molecule has 0 radical (unpaired) electrons. The maximum atomic E-state index is 6.10. The van der Waals surface area contributed by atoms with Crippen molar-refractivity contribution in [1.29, 1.82) is 0 Å². The van der Waals surface area contributed by atoms with Crippen LogP contribution in [0, 0.1) is 17.8 Å². The first-order valence-corrected chi connectivity index (χ1v) is 10.9. The van der Waals surface area contributed by atoms with E-state index in [-0.39, 0.29) is 6.04 Å². The summed E-state index contributed by atoms with van der Waals surface area (Å²) in [7, 11) is 0. The number of allylic oxidation sites excluding steroid dienone is 11. The maximum Gasteiger partial charge on any atom is 0.115 e. The molecule has 4 unspecified atom stereocenters. The summed E-state index contributed by atoms with van der Waals surface area (Å²) in [5, 5.41) is 3.88. The normalized spacial score (nSPS) is 29.1. The van der Waals surface area contributed by atoms with Gasteiger partial charge in [0.05, 0.1) is 18.4 Å². The predicted molar refractivity (Wildman–Crippen MR) is 128 cm³/mol. The summed E-state index contributed by atoms with van der Waals surface area (Å²) in [6, 6.07) is 0.239. The van der Waals surface area contributed by atoms with Crippen LogP contribution in [0.5, 0.6) is 0 Å². The molecule has 4 aliphatic rings. The highest BCUT2D eigenvalue weighted by Gasteiger charge is 2.19. The molecule has 5 heteroatoms. The van der Waals surface area contributed by atoms with Crippen LogP contribution in [0.4, 0.5) is 0 Å². The van der Waals surface area contributed by atoms with E-state index in [1.165, 1.54) is 5.57 Å². The molecule has 3 aliphatic carbocycles. The van der Waals surface area contributed by atoms with Gasteiger partial charge in [-0.2, -0.15) is 5.10 Å². The van der Waals surface area contributed by atoms with Crippen LogP contribution < -0.4 is 11.4 Å². The summed E-state index contributed by atoms with van der Waals surface area (Å²) < 4.78 is 6.10. The molecule has 0 aromatic carbocycles. The Kier molecular flexibility index (Phi) is 7.29. The molecule has 1 aliphatic heterocycles. The molecule has 4 rings (SSSR count). The number of nitrogens with zero attached hydrogens (tertiary/aromatic N) is 2. The van der Waals surface area contributed by atoms with E-state index in [0.29, 0.717) is 24.4 Å². The van der Waals surface area contributed by atoms with E-state index in [1.807, 2.05) is 0 Å². The van der Waals surface area contributed by atoms with Crippen LogP contribution in [-0.2, 0) is 4.74 Å². The van der Waals surface area contributed by atoms with Crippen molar-refractivity contribution in [3.05, 3.63) is 96.4 Å². The van der Waals surface area contributed by atoms with Crippen LogP contribution in [0.3, 0.4) is 0 Å². The number of nitrogens with two attached hydrogens (primary N) is 1. The summed E-state index contributed by atoms with van der Waals surface area (Å²) in [5.41, 5.74) is 4.66. The number of hydrogen-bond donors (Lipinski definition) is 2. The van der Waals surface area contributed by atoms with E-state index < -0.39 is 0 Å². The lowest BCUT2D eigenvalue weighted by atomic mass is 9.90. The Morgan fingerprint density at radius 2 is 2.06 bits per heavy atom. The summed E-state index contributed by atoms with van der Waals surface area (Å²) in [6.07, 6.45) is 34.7. The molecule has 0 bridgehead atoms. The second-order valence-electron chi connectivity index (χ2n) is 8.03. The zero-order valence-corrected chi connectivity index (χ0v) is 17.7. The SMILES string of the molecule is NN/N=C/CC1=CC=CCC1COC1=CCC(/C=C/C2=NC3C=CC=CC3C=C2)C=C1. The van der Waals surface area contributed by atoms with Gasteiger partial charge in [0.1, 0.15) is 5.76 Å². The molecule has 1 heterocycles. The van der Waals surface area contributed by atoms with Gasteiger partial charge in [-0.05, 0) is 43.1 Å². The van der Waals surface area contributed by atoms with Crippen LogP contribution in [0.25, 0.3) is 0 Å². The van der Waals surface area contributed by atoms with Gasteiger partial charge < -0.3 is 4.74 Å². The third kappa shape index (κ3) is 5.92. The summed E-state index contributed by atoms with van der Waals surface area (Å²) >= 11 is 0. The zero-order valence-electron chi connectivity index (χ0n) is 17.7. The van der Waals surface area contributed by atoms with E-state index in [9.17, 15) is 0 Å². The van der Waals surface area contributed by atoms with Gasteiger partial charge in [-0.25, -0.2) is 11.4 Å². The third-order valence-electron chi connectivity index (χ3n) is 5.88. The number of aliphatic imine (C=N–C) groups is 1. The summed E-state index contributed by atoms with van der Waals surface area (Å²) in [6.45, 7) is 0.670. The topological polar surface area (TPSA) is 72.0 Å². The minimum atomic E-state index is 0.239. The van der Waals surface area contributed by atoms with Crippen molar-refractivity contribution >= 4 is 11.9 Å². The van der Waals surface area contributed by atoms with Crippen molar-refractivity contribution in [3.8, 4) is 0 Å². The summed E-state index contributed by atoms with van der Waals surface area (Å²) in [4.78, 5) is 4.83. The van der Waals surface area contributed by atoms with E-state index in [4.69, 9.17) is 15.6 Å². The average Bonchev–Trinajstić information content (AvgIpc) is 2.83. The van der Waals surface area contributed by atoms with Gasteiger partial charge in [0.2, 0.25) is 0 Å². The minimum absolute atomic E-state index is 0.239. The first kappa shape index (κ1) is 21.1. The molecule has 4 atom stereocenters. The van der Waals surface area contributed by atoms with Gasteiger partial charge in [0.25, 0.3) is 0 Å². The number of hydrazone groups is 1. The summed E-state index contributed by atoms with van der Waals surface area (Å²) in [5.74, 6) is 7.29. The quantitative estimate of drug-likeness (QED) is 0.349. The van der Waals surface area contributed by atoms with Crippen LogP contribution in [0.15, 0.2) is 106 Å². The van der Waals surface area contributed by atoms with Crippen LogP contribution >= 0.6 is 0 Å². The molecule has 5 nitrogen and oxygen atoms in total. The first-order valence-electron chi connectivity index (χ1n) is 10.9. The molecule has 160 valence electrons. The highest BCUT2D eigenvalue weighted by Crippen LogP contribution is 2.26. The molecule has 3 N–H and O–H groups in total. The van der Waals surface area contributed by atoms with Gasteiger partial charge in [-0.15, -0.1) is 0 Å². The number of ether oxygens (including phenoxy) is 1. The van der Waals surface area contributed by atoms with Crippen molar-refractivity contribution in [3.63, 3.8) is 0 Å². The zero-order chi connectivity index (χ0) is 21.3. The van der Waals surface area contributed by atoms with Crippen LogP contribution in [-0.4, -0.2) is 24.6 Å². The van der Waals surface area contributed by atoms with Crippen molar-refractivity contribution < 1.29 is 4.74 Å². The predicted octanol–water partition coefficient (Wildman–Crippen LogP) is 4.48. The molecular formula is C26H30N4O. The van der Waals surface area contributed by atoms with Gasteiger partial charge in [0, 0.05) is 24.5 Å². The van der Waals surface area contributed by atoms with Gasteiger partial charge in [-0.3, -0.25) is 4.99 Å². The fraction of sp³-hybridized carbons (Fsp3) is 0.308. The Morgan fingerprint density at radius 1 is 1.13 bits per heavy atom. The lowest BCUT2D eigenvalue weighted by molar-refractivity contribution is 0.186. The molecule has 0 amide bonds. The molecule has 0 aromatic rings. The first-order chi connectivity index (χ1) is 15.3. The maximum absolute atomic E-state index is 6.10. The highest BCUT2D eigenvalue weighted by atomic mass is 16.5. The largest absolute Gasteiger partial charge is 0.493 e. The molecule has 0 aromatic heterocycles. The number of dihydropyridines is 1. The van der Waals surface area contributed by atoms with E-state index in [0.717, 1.165) is 30.7 Å². The molecule has 0 saturated heterocycles. The van der Waals surface area contributed by atoms with Crippen molar-refractivity contribution in [2.75, 3.05) is 6.61 Å². The van der Waals surface area contributed by atoms with Crippen molar-refractivity contribution in [2.45, 2.75) is 25.3 Å². The smallest absolute Gasteiger partial charge is 0.115 e. The Labute approximate surface area is 184 Å². The second kappa shape index (κ2) is 10.7. The minimum Gasteiger partial charge on any atom is -0.493 e. The third-order valence-corrected chi connectivity index (χ3v) is 5.88. The fourth-order valence-electron chi connectivity index (χ4n) is 4.06. The molecule has 0 spiro atoms. The number of hydrazine groups is 1. The molecular weight excluding hydrogens is 384 g/mol. The van der Waals surface area contributed by atoms with Crippen molar-refractivity contribution in [1.82, 2.24) is 5.53 Å². The molecule has 0 fully saturated rings. The van der Waals surface area contributed by atoms with Crippen molar-refractivity contribution in [2.24, 2.45) is 33.7 Å². The highest BCUT2D eigenvalue weighted by molar-refractivity contribution is 6.04. The van der Waals surface area contributed by atoms with Gasteiger partial charge in [-0.1, -0.05) is 66.3 Å². The van der Waals surface area contributed by atoms with Crippen LogP contribution in [0.2, 0.25) is 0 Å². The standard InChI is InChI=1S/C26H30N4O/c27-30-28-18-17-21-5-1-2-7-23(21)19-31-25-15-10-20(11-16-25)9-13-24-14-12-22-6-3-4-8-26(22)29-24/h1-6,8-10,12-16,18,20,22-23,26,30H,7,11,17,19,27H2/b13-9+,28-18+. The van der Waals surface area contributed by atoms with Crippen LogP contribution in [0.1, 0.15) is 19.3 Å². The lowest BCUT2D eigenvalue weighted by Crippen LogP contribution is -2.19. The van der Waals surface area contributed by atoms with E-state index >= 15 is 0 Å². The lowest BCUT2D eigenvalue weighted by Gasteiger charge is -2.22. The van der Waals surface area contributed by atoms with Gasteiger partial charge >= 0.3 is 0 Å². The number of fused-ring (bicyclic) bond motifs is 1. The second-order valence-corrected chi connectivity index (χ2v) is 8.03. The Morgan fingerprint density at radius 3 is 2.94 bits per heavy atom. The number of hydrogen-bond acceptors (Lipinski definition) is 5. The van der Waals surface area contributed by atoms with Gasteiger partial charge in [0.15, 0.2) is 0 Å². The Bertz CT molecular complexity index is 942. The molecule has 0 saturated carbocycles. The monoisotopic (exact) mass is 414 g/mol. The number of rotatable bonds is 8. The van der Waals surface area contributed by atoms with E-state index in [1.54, 1.807) is 6.21 Å². The number of nitrogens with one attached hydrogen (secondary N) is 1. The Hall–Kier alpha value is -3.18. The molecule has 31 heavy (non-hydrogen) atoms. The van der Waals surface area contributed by atoms with E-state index in [2.05, 4.69) is 95.7 Å².